The van der Waals surface area contributed by atoms with Crippen molar-refractivity contribution in [2.45, 2.75) is 58.0 Å². The number of hydrogen-bond acceptors (Lipinski definition) is 5. The predicted molar refractivity (Wildman–Crippen MR) is 71.1 cm³/mol. The molecule has 0 aromatic carbocycles. The fraction of sp³-hybridized carbons (Fsp3) is 0.769. The van der Waals surface area contributed by atoms with Gasteiger partial charge in [0.1, 0.15) is 4.88 Å². The minimum Gasteiger partial charge on any atom is -0.378 e. The van der Waals surface area contributed by atoms with Crippen molar-refractivity contribution in [3.63, 3.8) is 0 Å². The van der Waals surface area contributed by atoms with Crippen LogP contribution in [-0.4, -0.2) is 28.1 Å². The smallest absolute Gasteiger partial charge is 0.176 e. The van der Waals surface area contributed by atoms with Gasteiger partial charge in [-0.2, -0.15) is 0 Å². The number of rotatable bonds is 7. The van der Waals surface area contributed by atoms with Gasteiger partial charge in [0.05, 0.1) is 11.8 Å². The van der Waals surface area contributed by atoms with Crippen molar-refractivity contribution >= 4 is 17.3 Å². The number of aromatic nitrogens is 2. The summed E-state index contributed by atoms with van der Waals surface area (Å²) in [5.74, 6) is 0.200. The van der Waals surface area contributed by atoms with Crippen molar-refractivity contribution in [3.8, 4) is 0 Å². The zero-order valence-electron chi connectivity index (χ0n) is 10.9. The highest BCUT2D eigenvalue weighted by Gasteiger charge is 2.18. The Hall–Kier alpha value is -0.810. The molecule has 0 amide bonds. The first-order chi connectivity index (χ1) is 8.81. The third kappa shape index (κ3) is 3.59. The molecule has 1 aromatic heterocycles. The minimum atomic E-state index is 0.200. The number of ketones is 1. The second kappa shape index (κ2) is 6.95. The second-order valence-electron chi connectivity index (χ2n) is 4.75. The van der Waals surface area contributed by atoms with Crippen LogP contribution in [-0.2, 0) is 11.2 Å². The monoisotopic (exact) mass is 268 g/mol. The number of aryl methyl sites for hydroxylation is 1. The summed E-state index contributed by atoms with van der Waals surface area (Å²) >= 11 is 1.24. The van der Waals surface area contributed by atoms with Gasteiger partial charge in [-0.3, -0.25) is 4.79 Å². The van der Waals surface area contributed by atoms with Gasteiger partial charge in [0.15, 0.2) is 5.78 Å². The first-order valence-corrected chi connectivity index (χ1v) is 7.54. The lowest BCUT2D eigenvalue weighted by Crippen LogP contribution is -2.07. The Bertz CT molecular complexity index is 386. The summed E-state index contributed by atoms with van der Waals surface area (Å²) in [6.45, 7) is 2.98. The Balaban J connectivity index is 1.77. The van der Waals surface area contributed by atoms with Gasteiger partial charge in [0, 0.05) is 13.0 Å². The van der Waals surface area contributed by atoms with Crippen molar-refractivity contribution < 1.29 is 9.53 Å². The normalized spacial score (nSPS) is 19.3. The molecule has 0 bridgehead atoms. The minimum absolute atomic E-state index is 0.200. The van der Waals surface area contributed by atoms with Crippen LogP contribution < -0.4 is 0 Å². The number of hydrogen-bond donors (Lipinski definition) is 0. The van der Waals surface area contributed by atoms with Gasteiger partial charge in [0.25, 0.3) is 0 Å². The van der Waals surface area contributed by atoms with E-state index in [1.54, 1.807) is 0 Å². The molecular weight excluding hydrogens is 248 g/mol. The van der Waals surface area contributed by atoms with Crippen molar-refractivity contribution in [1.29, 1.82) is 0 Å². The molecule has 1 aliphatic rings. The van der Waals surface area contributed by atoms with Crippen LogP contribution in [0, 0.1) is 0 Å². The number of nitrogens with zero attached hydrogens (tertiary/aromatic N) is 2. The Labute approximate surface area is 112 Å². The molecule has 0 radical (unpaired) electrons. The highest BCUT2D eigenvalue weighted by molar-refractivity contribution is 7.08. The van der Waals surface area contributed by atoms with Gasteiger partial charge >= 0.3 is 0 Å². The molecule has 1 aromatic rings. The maximum atomic E-state index is 12.1. The fourth-order valence-electron chi connectivity index (χ4n) is 2.30. The van der Waals surface area contributed by atoms with Gasteiger partial charge in [-0.15, -0.1) is 5.10 Å². The third-order valence-corrected chi connectivity index (χ3v) is 4.06. The molecule has 100 valence electrons. The summed E-state index contributed by atoms with van der Waals surface area (Å²) in [5, 5.41) is 4.04. The second-order valence-corrected chi connectivity index (χ2v) is 5.50. The van der Waals surface area contributed by atoms with Crippen LogP contribution in [0.1, 0.15) is 60.8 Å². The molecule has 1 aliphatic heterocycles. The molecule has 0 saturated carbocycles. The Morgan fingerprint density at radius 2 is 2.44 bits per heavy atom. The van der Waals surface area contributed by atoms with Crippen LogP contribution in [0.2, 0.25) is 0 Å². The number of ether oxygens (including phenoxy) is 1. The van der Waals surface area contributed by atoms with E-state index in [0.717, 1.165) is 55.7 Å². The Morgan fingerprint density at radius 1 is 1.56 bits per heavy atom. The van der Waals surface area contributed by atoms with Crippen molar-refractivity contribution in [2.24, 2.45) is 0 Å². The molecule has 0 aliphatic carbocycles. The van der Waals surface area contributed by atoms with Crippen LogP contribution in [0.15, 0.2) is 0 Å². The van der Waals surface area contributed by atoms with E-state index >= 15 is 0 Å². The van der Waals surface area contributed by atoms with E-state index in [2.05, 4.69) is 16.5 Å². The standard InChI is InChI=1S/C13H20N2O2S/c1-2-5-11-13(18-15-14-11)12(16)8-3-6-10-7-4-9-17-10/h10H,2-9H2,1H3. The Morgan fingerprint density at radius 3 is 3.17 bits per heavy atom. The van der Waals surface area contributed by atoms with Crippen molar-refractivity contribution in [1.82, 2.24) is 9.59 Å². The topological polar surface area (TPSA) is 52.1 Å². The lowest BCUT2D eigenvalue weighted by atomic mass is 10.1. The summed E-state index contributed by atoms with van der Waals surface area (Å²) in [6.07, 6.45) is 7.06. The maximum absolute atomic E-state index is 12.1. The SMILES string of the molecule is CCCc1nnsc1C(=O)CCCC1CCCO1. The van der Waals surface area contributed by atoms with Crippen LogP contribution in [0.5, 0.6) is 0 Å². The van der Waals surface area contributed by atoms with Crippen LogP contribution in [0.4, 0.5) is 0 Å². The molecule has 2 heterocycles. The number of carbonyl (C=O) groups is 1. The molecular formula is C13H20N2O2S. The van der Waals surface area contributed by atoms with Crippen molar-refractivity contribution in [3.05, 3.63) is 10.6 Å². The van der Waals surface area contributed by atoms with Crippen LogP contribution in [0.3, 0.4) is 0 Å². The largest absolute Gasteiger partial charge is 0.378 e. The van der Waals surface area contributed by atoms with Gasteiger partial charge in [-0.25, -0.2) is 0 Å². The van der Waals surface area contributed by atoms with E-state index in [4.69, 9.17) is 4.74 Å². The molecule has 0 N–H and O–H groups in total. The molecule has 2 rings (SSSR count). The Kier molecular flexibility index (Phi) is 5.26. The zero-order chi connectivity index (χ0) is 12.8. The maximum Gasteiger partial charge on any atom is 0.176 e. The predicted octanol–water partition coefficient (Wildman–Crippen LogP) is 3.02. The number of carbonyl (C=O) groups excluding carboxylic acids is 1. The molecule has 1 unspecified atom stereocenters. The lowest BCUT2D eigenvalue weighted by molar-refractivity contribution is 0.0925. The van der Waals surface area contributed by atoms with E-state index < -0.39 is 0 Å². The highest BCUT2D eigenvalue weighted by Crippen LogP contribution is 2.20. The van der Waals surface area contributed by atoms with Gasteiger partial charge in [0.2, 0.25) is 0 Å². The van der Waals surface area contributed by atoms with E-state index in [9.17, 15) is 4.79 Å². The molecule has 5 heteroatoms. The third-order valence-electron chi connectivity index (χ3n) is 3.25. The molecule has 1 saturated heterocycles. The first kappa shape index (κ1) is 13.6. The fourth-order valence-corrected chi connectivity index (χ4v) is 2.97. The summed E-state index contributed by atoms with van der Waals surface area (Å²) in [7, 11) is 0. The van der Waals surface area contributed by atoms with E-state index in [0.29, 0.717) is 12.5 Å². The summed E-state index contributed by atoms with van der Waals surface area (Å²) < 4.78 is 9.45. The molecule has 4 nitrogen and oxygen atoms in total. The van der Waals surface area contributed by atoms with Gasteiger partial charge < -0.3 is 4.74 Å². The molecule has 18 heavy (non-hydrogen) atoms. The summed E-state index contributed by atoms with van der Waals surface area (Å²) in [6, 6.07) is 0. The zero-order valence-corrected chi connectivity index (χ0v) is 11.7. The van der Waals surface area contributed by atoms with E-state index in [1.807, 2.05) is 0 Å². The van der Waals surface area contributed by atoms with Crippen LogP contribution in [0.25, 0.3) is 0 Å². The van der Waals surface area contributed by atoms with E-state index in [-0.39, 0.29) is 5.78 Å². The first-order valence-electron chi connectivity index (χ1n) is 6.77. The van der Waals surface area contributed by atoms with Gasteiger partial charge in [-0.05, 0) is 43.6 Å². The molecule has 1 fully saturated rings. The molecule has 1 atom stereocenters. The van der Waals surface area contributed by atoms with E-state index in [1.165, 1.54) is 11.5 Å². The summed E-state index contributed by atoms with van der Waals surface area (Å²) in [5.41, 5.74) is 0.879. The molecule has 0 spiro atoms. The number of Topliss-reactive ketones (excluding diaryl/α,β-unsaturated/α-hetero) is 1. The van der Waals surface area contributed by atoms with Crippen molar-refractivity contribution in [2.75, 3.05) is 6.61 Å². The summed E-state index contributed by atoms with van der Waals surface area (Å²) in [4.78, 5) is 12.8. The van der Waals surface area contributed by atoms with Crippen LogP contribution >= 0.6 is 11.5 Å². The average Bonchev–Trinajstić information content (AvgIpc) is 3.00. The average molecular weight is 268 g/mol. The lowest BCUT2D eigenvalue weighted by Gasteiger charge is -2.07. The highest BCUT2D eigenvalue weighted by atomic mass is 32.1. The quantitative estimate of drug-likeness (QED) is 0.713. The van der Waals surface area contributed by atoms with Gasteiger partial charge in [-0.1, -0.05) is 17.8 Å².